The largest absolute Gasteiger partial charge is 0.441 e. The van der Waals surface area contributed by atoms with E-state index in [4.69, 9.17) is 14.2 Å². The van der Waals surface area contributed by atoms with Gasteiger partial charge in [-0.15, -0.1) is 5.10 Å². The summed E-state index contributed by atoms with van der Waals surface area (Å²) in [7, 11) is 0. The van der Waals surface area contributed by atoms with E-state index in [0.717, 1.165) is 4.90 Å². The lowest BCUT2D eigenvalue weighted by atomic mass is 10.1. The van der Waals surface area contributed by atoms with Gasteiger partial charge in [-0.2, -0.15) is 0 Å². The summed E-state index contributed by atoms with van der Waals surface area (Å²) in [6.07, 6.45) is -1.69. The van der Waals surface area contributed by atoms with Crippen molar-refractivity contribution in [3.63, 3.8) is 0 Å². The summed E-state index contributed by atoms with van der Waals surface area (Å²) in [5.74, 6) is 0. The van der Waals surface area contributed by atoms with Gasteiger partial charge in [-0.05, 0) is 46.5 Å². The zero-order chi connectivity index (χ0) is 20.3. The summed E-state index contributed by atoms with van der Waals surface area (Å²) in [4.78, 5) is 13.3. The zero-order valence-corrected chi connectivity index (χ0v) is 16.6. The maximum absolute atomic E-state index is 12.2. The van der Waals surface area contributed by atoms with E-state index < -0.39 is 12.2 Å². The summed E-state index contributed by atoms with van der Waals surface area (Å²) < 4.78 is 19.1. The van der Waals surface area contributed by atoms with Crippen LogP contribution < -0.4 is 5.32 Å². The Kier molecular flexibility index (Phi) is 5.35. The monoisotopic (exact) mass is 425 g/mol. The molecule has 1 amide bonds. The van der Waals surface area contributed by atoms with Crippen molar-refractivity contribution in [2.24, 2.45) is 0 Å². The number of benzene rings is 2. The van der Waals surface area contributed by atoms with E-state index >= 15 is 0 Å². The van der Waals surface area contributed by atoms with E-state index in [1.54, 1.807) is 16.8 Å². The molecule has 4 atom stereocenters. The van der Waals surface area contributed by atoms with Crippen molar-refractivity contribution in [1.82, 2.24) is 20.2 Å². The molecule has 10 heteroatoms. The quantitative estimate of drug-likeness (QED) is 0.666. The standard InChI is InChI=1S/C20H19N5O4S/c26-20(21-13-7-3-1-4-8-13)29-16-12-28-17-15(11-27-18(16)17)25-19(22-23-24-25)30-14-9-5-2-6-10-14/h1-10,15-18H,11-12H2,(H,21,26). The summed E-state index contributed by atoms with van der Waals surface area (Å²) in [5, 5.41) is 15.5. The number of aromatic nitrogens is 4. The Bertz CT molecular complexity index is 1000. The second-order valence-corrected chi connectivity index (χ2v) is 7.96. The minimum absolute atomic E-state index is 0.193. The van der Waals surface area contributed by atoms with E-state index in [1.807, 2.05) is 48.5 Å². The van der Waals surface area contributed by atoms with Gasteiger partial charge in [-0.1, -0.05) is 36.4 Å². The number of carbonyl (C=O) groups is 1. The van der Waals surface area contributed by atoms with Crippen molar-refractivity contribution in [1.29, 1.82) is 0 Å². The van der Waals surface area contributed by atoms with Crippen molar-refractivity contribution in [3.05, 3.63) is 60.7 Å². The molecule has 5 rings (SSSR count). The smallest absolute Gasteiger partial charge is 0.412 e. The van der Waals surface area contributed by atoms with Crippen molar-refractivity contribution in [2.75, 3.05) is 18.5 Å². The maximum atomic E-state index is 12.2. The number of hydrogen-bond donors (Lipinski definition) is 1. The molecule has 0 aliphatic carbocycles. The maximum Gasteiger partial charge on any atom is 0.412 e. The van der Waals surface area contributed by atoms with Gasteiger partial charge >= 0.3 is 6.09 Å². The van der Waals surface area contributed by atoms with Crippen LogP contribution in [0, 0.1) is 0 Å². The van der Waals surface area contributed by atoms with Crippen LogP contribution in [0.5, 0.6) is 0 Å². The molecule has 2 saturated heterocycles. The Labute approximate surface area is 176 Å². The molecule has 2 aromatic carbocycles. The second-order valence-electron chi connectivity index (χ2n) is 6.92. The fourth-order valence-electron chi connectivity index (χ4n) is 3.62. The molecule has 0 saturated carbocycles. The predicted octanol–water partition coefficient (Wildman–Crippen LogP) is 2.78. The Morgan fingerprint density at radius 1 is 1.03 bits per heavy atom. The molecule has 0 spiro atoms. The Hall–Kier alpha value is -2.95. The van der Waals surface area contributed by atoms with Crippen LogP contribution in [0.3, 0.4) is 0 Å². The van der Waals surface area contributed by atoms with Crippen molar-refractivity contribution in [3.8, 4) is 0 Å². The first kappa shape index (κ1) is 19.0. The molecular formula is C20H19N5O4S. The number of ether oxygens (including phenoxy) is 3. The number of hydrogen-bond acceptors (Lipinski definition) is 8. The third-order valence-corrected chi connectivity index (χ3v) is 5.95. The highest BCUT2D eigenvalue weighted by Gasteiger charge is 2.51. The molecule has 1 N–H and O–H groups in total. The average molecular weight is 425 g/mol. The Morgan fingerprint density at radius 2 is 1.77 bits per heavy atom. The lowest BCUT2D eigenvalue weighted by Gasteiger charge is -2.17. The van der Waals surface area contributed by atoms with Crippen LogP contribution in [-0.4, -0.2) is 57.8 Å². The normalized spacial score (nSPS) is 25.1. The zero-order valence-electron chi connectivity index (χ0n) is 15.8. The van der Waals surface area contributed by atoms with Crippen LogP contribution in [0.4, 0.5) is 10.5 Å². The topological polar surface area (TPSA) is 100 Å². The molecule has 0 radical (unpaired) electrons. The van der Waals surface area contributed by atoms with Gasteiger partial charge in [0.1, 0.15) is 18.2 Å². The van der Waals surface area contributed by atoms with E-state index in [0.29, 0.717) is 17.5 Å². The number of carbonyl (C=O) groups excluding carboxylic acids is 1. The first-order valence-electron chi connectivity index (χ1n) is 9.54. The molecule has 30 heavy (non-hydrogen) atoms. The van der Waals surface area contributed by atoms with Crippen LogP contribution in [-0.2, 0) is 14.2 Å². The molecule has 9 nitrogen and oxygen atoms in total. The number of para-hydroxylation sites is 1. The number of fused-ring (bicyclic) bond motifs is 1. The van der Waals surface area contributed by atoms with Gasteiger partial charge < -0.3 is 14.2 Å². The van der Waals surface area contributed by atoms with Gasteiger partial charge in [0.2, 0.25) is 5.16 Å². The lowest BCUT2D eigenvalue weighted by Crippen LogP contribution is -2.35. The molecule has 2 fully saturated rings. The van der Waals surface area contributed by atoms with Gasteiger partial charge in [0, 0.05) is 10.6 Å². The third kappa shape index (κ3) is 3.89. The summed E-state index contributed by atoms with van der Waals surface area (Å²) >= 11 is 1.47. The molecule has 3 aromatic rings. The first-order chi connectivity index (χ1) is 14.8. The van der Waals surface area contributed by atoms with Crippen LogP contribution in [0.1, 0.15) is 6.04 Å². The number of tetrazole rings is 1. The minimum Gasteiger partial charge on any atom is -0.441 e. The number of rotatable bonds is 5. The Balaban J connectivity index is 1.24. The number of nitrogens with zero attached hydrogens (tertiary/aromatic N) is 4. The number of anilines is 1. The van der Waals surface area contributed by atoms with Crippen LogP contribution >= 0.6 is 11.8 Å². The molecular weight excluding hydrogens is 406 g/mol. The van der Waals surface area contributed by atoms with Crippen molar-refractivity contribution in [2.45, 2.75) is 34.4 Å². The number of amides is 1. The predicted molar refractivity (Wildman–Crippen MR) is 107 cm³/mol. The van der Waals surface area contributed by atoms with Gasteiger partial charge in [0.15, 0.2) is 6.10 Å². The highest BCUT2D eigenvalue weighted by Crippen LogP contribution is 2.37. The third-order valence-electron chi connectivity index (χ3n) is 4.99. The van der Waals surface area contributed by atoms with Gasteiger partial charge in [-0.25, -0.2) is 9.48 Å². The average Bonchev–Trinajstić information content (AvgIpc) is 3.47. The molecule has 4 unspecified atom stereocenters. The van der Waals surface area contributed by atoms with Crippen molar-refractivity contribution >= 4 is 23.5 Å². The van der Waals surface area contributed by atoms with E-state index in [-0.39, 0.29) is 24.9 Å². The number of nitrogens with one attached hydrogen (secondary N) is 1. The molecule has 154 valence electrons. The highest BCUT2D eigenvalue weighted by molar-refractivity contribution is 7.99. The highest BCUT2D eigenvalue weighted by atomic mass is 32.2. The molecule has 2 aliphatic heterocycles. The summed E-state index contributed by atoms with van der Waals surface area (Å²) in [6.45, 7) is 0.639. The molecule has 3 heterocycles. The fourth-order valence-corrected chi connectivity index (χ4v) is 4.46. The fraction of sp³-hybridized carbons (Fsp3) is 0.300. The van der Waals surface area contributed by atoms with E-state index in [2.05, 4.69) is 20.8 Å². The van der Waals surface area contributed by atoms with Crippen LogP contribution in [0.2, 0.25) is 0 Å². The van der Waals surface area contributed by atoms with Crippen molar-refractivity contribution < 1.29 is 19.0 Å². The SMILES string of the molecule is O=C(Nc1ccccc1)OC1COC2C1OCC2n1nnnc1Sc1ccccc1. The van der Waals surface area contributed by atoms with Gasteiger partial charge in [-0.3, -0.25) is 5.32 Å². The van der Waals surface area contributed by atoms with Gasteiger partial charge in [0.25, 0.3) is 0 Å². The first-order valence-corrected chi connectivity index (χ1v) is 10.4. The molecule has 2 aliphatic rings. The summed E-state index contributed by atoms with van der Waals surface area (Å²) in [5.41, 5.74) is 0.666. The van der Waals surface area contributed by atoms with Gasteiger partial charge in [0.05, 0.1) is 13.2 Å². The summed E-state index contributed by atoms with van der Waals surface area (Å²) in [6, 6.07) is 18.8. The van der Waals surface area contributed by atoms with Crippen LogP contribution in [0.25, 0.3) is 0 Å². The minimum atomic E-state index is -0.537. The van der Waals surface area contributed by atoms with Crippen LogP contribution in [0.15, 0.2) is 70.7 Å². The second kappa shape index (κ2) is 8.42. The lowest BCUT2D eigenvalue weighted by molar-refractivity contribution is 0.00751. The molecule has 0 bridgehead atoms. The molecule has 1 aromatic heterocycles. The Morgan fingerprint density at radius 3 is 2.57 bits per heavy atom. The van der Waals surface area contributed by atoms with E-state index in [9.17, 15) is 4.79 Å². The van der Waals surface area contributed by atoms with E-state index in [1.165, 1.54) is 11.8 Å².